The summed E-state index contributed by atoms with van der Waals surface area (Å²) in [5, 5.41) is -0.248. The van der Waals surface area contributed by atoms with Crippen molar-refractivity contribution in [1.82, 2.24) is 4.98 Å². The van der Waals surface area contributed by atoms with E-state index in [4.69, 9.17) is 56.3 Å². The first-order valence-corrected chi connectivity index (χ1v) is 11.9. The van der Waals surface area contributed by atoms with Crippen molar-refractivity contribution in [2.75, 3.05) is 6.61 Å². The Kier molecular flexibility index (Phi) is 7.54. The zero-order chi connectivity index (χ0) is 22.8. The summed E-state index contributed by atoms with van der Waals surface area (Å²) in [5.41, 5.74) is 7.09. The van der Waals surface area contributed by atoms with Crippen LogP contribution in [0.2, 0.25) is 20.4 Å². The van der Waals surface area contributed by atoms with E-state index < -0.39 is 22.3 Å². The van der Waals surface area contributed by atoms with E-state index in [0.717, 1.165) is 11.1 Å². The number of aryl methyl sites for hydroxylation is 1. The smallest absolute Gasteiger partial charge is 0.297 e. The predicted octanol–water partition coefficient (Wildman–Crippen LogP) is 5.81. The largest absolute Gasteiger partial charge is 0.319 e. The maximum absolute atomic E-state index is 12.8. The van der Waals surface area contributed by atoms with Gasteiger partial charge in [0.15, 0.2) is 0 Å². The molecule has 0 bridgehead atoms. The van der Waals surface area contributed by atoms with Crippen molar-refractivity contribution < 1.29 is 12.6 Å². The minimum atomic E-state index is -4.10. The molecule has 2 N–H and O–H groups in total. The first-order chi connectivity index (χ1) is 14.5. The zero-order valence-corrected chi connectivity index (χ0v) is 20.1. The molecule has 2 aromatic carbocycles. The Morgan fingerprint density at radius 3 is 2.03 bits per heavy atom. The lowest BCUT2D eigenvalue weighted by atomic mass is 9.86. The highest BCUT2D eigenvalue weighted by Crippen LogP contribution is 2.41. The monoisotopic (exact) mass is 518 g/mol. The van der Waals surface area contributed by atoms with Crippen LogP contribution in [0.3, 0.4) is 0 Å². The standard InChI is InChI=1S/C21H18Cl4N2O3S/c1-13-7-9-15(10-8-13)31(28,29)30-12-21(26,11-14-5-3-2-4-6-14)16-17(22)19(24)27-20(25)18(16)23/h2-10H,11-12,26H2,1H3. The molecule has 1 heterocycles. The molecular formula is C21H18Cl4N2O3S. The number of hydrogen-bond donors (Lipinski definition) is 1. The number of aromatic nitrogens is 1. The second kappa shape index (κ2) is 9.63. The molecule has 0 aliphatic carbocycles. The van der Waals surface area contributed by atoms with Gasteiger partial charge >= 0.3 is 0 Å². The van der Waals surface area contributed by atoms with Crippen molar-refractivity contribution in [3.63, 3.8) is 0 Å². The van der Waals surface area contributed by atoms with Gasteiger partial charge in [0.2, 0.25) is 0 Å². The highest BCUT2D eigenvalue weighted by atomic mass is 35.5. The van der Waals surface area contributed by atoms with E-state index in [-0.39, 0.29) is 37.2 Å². The predicted molar refractivity (Wildman–Crippen MR) is 125 cm³/mol. The van der Waals surface area contributed by atoms with E-state index in [1.54, 1.807) is 12.1 Å². The lowest BCUT2D eigenvalue weighted by Gasteiger charge is -2.31. The van der Waals surface area contributed by atoms with Crippen molar-refractivity contribution in [2.45, 2.75) is 23.8 Å². The summed E-state index contributed by atoms with van der Waals surface area (Å²) in [5.74, 6) is 0. The van der Waals surface area contributed by atoms with Crippen LogP contribution >= 0.6 is 46.4 Å². The molecular weight excluding hydrogens is 502 g/mol. The van der Waals surface area contributed by atoms with Gasteiger partial charge in [-0.25, -0.2) is 4.98 Å². The van der Waals surface area contributed by atoms with Crippen molar-refractivity contribution in [3.05, 3.63) is 91.6 Å². The van der Waals surface area contributed by atoms with Crippen molar-refractivity contribution in [3.8, 4) is 0 Å². The van der Waals surface area contributed by atoms with E-state index in [1.165, 1.54) is 12.1 Å². The number of rotatable bonds is 7. The van der Waals surface area contributed by atoms with Gasteiger partial charge in [0.25, 0.3) is 10.1 Å². The molecule has 0 fully saturated rings. The van der Waals surface area contributed by atoms with E-state index in [9.17, 15) is 8.42 Å². The number of nitrogens with zero attached hydrogens (tertiary/aromatic N) is 1. The van der Waals surface area contributed by atoms with Crippen LogP contribution in [0.15, 0.2) is 59.5 Å². The summed E-state index contributed by atoms with van der Waals surface area (Å²) < 4.78 is 30.9. The highest BCUT2D eigenvalue weighted by Gasteiger charge is 2.37. The summed E-state index contributed by atoms with van der Waals surface area (Å²) in [7, 11) is -4.10. The third kappa shape index (κ3) is 5.52. The topological polar surface area (TPSA) is 82.3 Å². The minimum absolute atomic E-state index is 0.00291. The molecule has 5 nitrogen and oxygen atoms in total. The minimum Gasteiger partial charge on any atom is -0.319 e. The lowest BCUT2D eigenvalue weighted by molar-refractivity contribution is 0.222. The van der Waals surface area contributed by atoms with E-state index in [2.05, 4.69) is 4.98 Å². The number of pyridine rings is 1. The average molecular weight is 520 g/mol. The molecule has 0 spiro atoms. The van der Waals surface area contributed by atoms with Crippen molar-refractivity contribution in [2.24, 2.45) is 5.73 Å². The maximum Gasteiger partial charge on any atom is 0.297 e. The summed E-state index contributed by atoms with van der Waals surface area (Å²) in [6, 6.07) is 15.4. The second-order valence-corrected chi connectivity index (χ2v) is 10.1. The van der Waals surface area contributed by atoms with Crippen LogP contribution in [0, 0.1) is 6.92 Å². The van der Waals surface area contributed by atoms with E-state index in [0.29, 0.717) is 0 Å². The molecule has 0 aliphatic rings. The van der Waals surface area contributed by atoms with Crippen LogP contribution in [-0.2, 0) is 26.3 Å². The Balaban J connectivity index is 2.04. The zero-order valence-electron chi connectivity index (χ0n) is 16.3. The summed E-state index contributed by atoms with van der Waals surface area (Å²) in [6.45, 7) is 1.39. The van der Waals surface area contributed by atoms with Crippen LogP contribution in [0.5, 0.6) is 0 Å². The van der Waals surface area contributed by atoms with Crippen LogP contribution in [0.4, 0.5) is 0 Å². The van der Waals surface area contributed by atoms with E-state index >= 15 is 0 Å². The Hall–Kier alpha value is -1.38. The molecule has 0 radical (unpaired) electrons. The molecule has 0 amide bonds. The normalized spacial score (nSPS) is 13.7. The maximum atomic E-state index is 12.8. The van der Waals surface area contributed by atoms with Gasteiger partial charge in [-0.3, -0.25) is 4.18 Å². The highest BCUT2D eigenvalue weighted by molar-refractivity contribution is 7.86. The Morgan fingerprint density at radius 1 is 0.935 bits per heavy atom. The van der Waals surface area contributed by atoms with Crippen LogP contribution in [-0.4, -0.2) is 20.0 Å². The fourth-order valence-corrected chi connectivity index (χ4v) is 5.12. The van der Waals surface area contributed by atoms with Gasteiger partial charge in [0.1, 0.15) is 10.3 Å². The van der Waals surface area contributed by atoms with Gasteiger partial charge in [-0.2, -0.15) is 8.42 Å². The molecule has 0 saturated carbocycles. The number of halogens is 4. The van der Waals surface area contributed by atoms with Gasteiger partial charge < -0.3 is 5.73 Å². The number of benzene rings is 2. The molecule has 1 aromatic heterocycles. The van der Waals surface area contributed by atoms with Gasteiger partial charge in [-0.05, 0) is 31.0 Å². The van der Waals surface area contributed by atoms with E-state index in [1.807, 2.05) is 37.3 Å². The Bertz CT molecular complexity index is 1160. The summed E-state index contributed by atoms with van der Waals surface area (Å²) in [6.07, 6.45) is 0.146. The summed E-state index contributed by atoms with van der Waals surface area (Å²) in [4.78, 5) is 3.87. The molecule has 1 unspecified atom stereocenters. The quantitative estimate of drug-likeness (QED) is 0.314. The van der Waals surface area contributed by atoms with Crippen LogP contribution in [0.1, 0.15) is 16.7 Å². The van der Waals surface area contributed by atoms with Gasteiger partial charge in [-0.1, -0.05) is 94.4 Å². The fraction of sp³-hybridized carbons (Fsp3) is 0.190. The second-order valence-electron chi connectivity index (χ2n) is 7.04. The number of nitrogens with two attached hydrogens (primary N) is 1. The molecule has 3 aromatic rings. The van der Waals surface area contributed by atoms with Crippen LogP contribution in [0.25, 0.3) is 0 Å². The van der Waals surface area contributed by atoms with Gasteiger partial charge in [-0.15, -0.1) is 0 Å². The summed E-state index contributed by atoms with van der Waals surface area (Å²) >= 11 is 25.0. The third-order valence-corrected chi connectivity index (χ3v) is 7.39. The molecule has 31 heavy (non-hydrogen) atoms. The molecule has 1 atom stereocenters. The number of hydrogen-bond acceptors (Lipinski definition) is 5. The Labute approximate surface area is 201 Å². The average Bonchev–Trinajstić information content (AvgIpc) is 2.72. The molecule has 0 saturated heterocycles. The van der Waals surface area contributed by atoms with Crippen LogP contribution < -0.4 is 5.73 Å². The molecule has 164 valence electrons. The van der Waals surface area contributed by atoms with Crippen molar-refractivity contribution >= 4 is 56.5 Å². The van der Waals surface area contributed by atoms with Gasteiger partial charge in [0, 0.05) is 5.56 Å². The molecule has 3 rings (SSSR count). The third-order valence-electron chi connectivity index (χ3n) is 4.64. The first kappa shape index (κ1) is 24.3. The SMILES string of the molecule is Cc1ccc(S(=O)(=O)OCC(N)(Cc2ccccc2)c2c(Cl)c(Cl)nc(Cl)c2Cl)cc1. The first-order valence-electron chi connectivity index (χ1n) is 9.03. The fourth-order valence-electron chi connectivity index (χ4n) is 3.05. The molecule has 0 aliphatic heterocycles. The Morgan fingerprint density at radius 2 is 1.48 bits per heavy atom. The lowest BCUT2D eigenvalue weighted by Crippen LogP contribution is -2.45. The van der Waals surface area contributed by atoms with Crippen molar-refractivity contribution in [1.29, 1.82) is 0 Å². The molecule has 10 heteroatoms. The van der Waals surface area contributed by atoms with Gasteiger partial charge in [0.05, 0.1) is 27.1 Å².